The van der Waals surface area contributed by atoms with Crippen LogP contribution in [0.2, 0.25) is 0 Å². The summed E-state index contributed by atoms with van der Waals surface area (Å²) in [5, 5.41) is 10.1. The van der Waals surface area contributed by atoms with Crippen molar-refractivity contribution in [1.29, 1.82) is 0 Å². The zero-order valence-corrected chi connectivity index (χ0v) is 11.2. The Morgan fingerprint density at radius 3 is 2.69 bits per heavy atom. The van der Waals surface area contributed by atoms with Gasteiger partial charge in [0.2, 0.25) is 5.91 Å². The highest BCUT2D eigenvalue weighted by molar-refractivity contribution is 9.10. The Morgan fingerprint density at radius 2 is 1.88 bits per heavy atom. The molecule has 2 rings (SSSR count). The summed E-state index contributed by atoms with van der Waals surface area (Å²) in [6.07, 6.45) is 6.89. The number of carbonyl (C=O) groups is 1. The van der Waals surface area contributed by atoms with Gasteiger partial charge in [-0.15, -0.1) is 0 Å². The number of halogens is 1. The van der Waals surface area contributed by atoms with Crippen LogP contribution in [0.15, 0.2) is 0 Å². The summed E-state index contributed by atoms with van der Waals surface area (Å²) in [4.78, 5) is 13.9. The lowest BCUT2D eigenvalue weighted by Gasteiger charge is -2.38. The van der Waals surface area contributed by atoms with E-state index in [1.54, 1.807) is 0 Å². The Morgan fingerprint density at radius 1 is 1.12 bits per heavy atom. The van der Waals surface area contributed by atoms with Crippen molar-refractivity contribution < 1.29 is 9.90 Å². The average molecular weight is 290 g/mol. The first kappa shape index (κ1) is 12.4. The van der Waals surface area contributed by atoms with E-state index in [1.165, 1.54) is 6.42 Å². The maximum absolute atomic E-state index is 12.1. The molecule has 16 heavy (non-hydrogen) atoms. The summed E-state index contributed by atoms with van der Waals surface area (Å²) in [5.74, 6) is 0.178. The molecule has 1 amide bonds. The van der Waals surface area contributed by atoms with Crippen LogP contribution in [-0.4, -0.2) is 39.4 Å². The number of alkyl halides is 1. The van der Waals surface area contributed by atoms with Gasteiger partial charge in [0, 0.05) is 6.54 Å². The summed E-state index contributed by atoms with van der Waals surface area (Å²) in [6.45, 7) is 0.822. The van der Waals surface area contributed by atoms with Gasteiger partial charge in [-0.2, -0.15) is 0 Å². The molecule has 1 saturated heterocycles. The van der Waals surface area contributed by atoms with Gasteiger partial charge in [-0.25, -0.2) is 0 Å². The van der Waals surface area contributed by atoms with Crippen LogP contribution < -0.4 is 0 Å². The van der Waals surface area contributed by atoms with E-state index in [0.717, 1.165) is 45.1 Å². The predicted octanol–water partition coefficient (Wildman–Crippen LogP) is 2.07. The molecular formula is C12H20BrNO2. The van der Waals surface area contributed by atoms with Gasteiger partial charge in [0.15, 0.2) is 0 Å². The van der Waals surface area contributed by atoms with Crippen LogP contribution in [0.25, 0.3) is 0 Å². The number of amides is 1. The molecular weight excluding hydrogens is 270 g/mol. The van der Waals surface area contributed by atoms with Crippen molar-refractivity contribution in [2.24, 2.45) is 0 Å². The number of piperidine rings is 1. The van der Waals surface area contributed by atoms with Gasteiger partial charge in [-0.3, -0.25) is 4.79 Å². The van der Waals surface area contributed by atoms with Gasteiger partial charge in [-0.1, -0.05) is 35.2 Å². The molecule has 0 aromatic rings. The molecule has 3 unspecified atom stereocenters. The SMILES string of the molecule is O=C1C(Br)CCCN1C1CCCCCC1O. The van der Waals surface area contributed by atoms with Crippen LogP contribution in [0.1, 0.15) is 44.9 Å². The van der Waals surface area contributed by atoms with E-state index in [0.29, 0.717) is 0 Å². The third-order valence-electron chi connectivity index (χ3n) is 3.75. The smallest absolute Gasteiger partial charge is 0.236 e. The minimum Gasteiger partial charge on any atom is -0.391 e. The number of likely N-dealkylation sites (tertiary alicyclic amines) is 1. The molecule has 1 heterocycles. The highest BCUT2D eigenvalue weighted by Gasteiger charge is 2.35. The van der Waals surface area contributed by atoms with E-state index in [9.17, 15) is 9.90 Å². The minimum atomic E-state index is -0.316. The molecule has 0 aromatic carbocycles. The van der Waals surface area contributed by atoms with Gasteiger partial charge in [-0.05, 0) is 25.7 Å². The van der Waals surface area contributed by atoms with E-state index in [2.05, 4.69) is 15.9 Å². The molecule has 1 aliphatic heterocycles. The van der Waals surface area contributed by atoms with Gasteiger partial charge in [0.05, 0.1) is 17.0 Å². The van der Waals surface area contributed by atoms with Crippen molar-refractivity contribution in [3.8, 4) is 0 Å². The standard InChI is InChI=1S/C12H20BrNO2/c13-9-5-4-8-14(12(9)16)10-6-2-1-3-7-11(10)15/h9-11,15H,1-8H2. The molecule has 3 nitrogen and oxygen atoms in total. The van der Waals surface area contributed by atoms with Crippen LogP contribution in [0, 0.1) is 0 Å². The number of hydrogen-bond acceptors (Lipinski definition) is 2. The molecule has 2 fully saturated rings. The topological polar surface area (TPSA) is 40.5 Å². The molecule has 3 atom stereocenters. The second-order valence-corrected chi connectivity index (χ2v) is 6.02. The molecule has 2 aliphatic rings. The monoisotopic (exact) mass is 289 g/mol. The van der Waals surface area contributed by atoms with Crippen molar-refractivity contribution in [1.82, 2.24) is 4.90 Å². The summed E-state index contributed by atoms with van der Waals surface area (Å²) in [5.41, 5.74) is 0. The quantitative estimate of drug-likeness (QED) is 0.593. The predicted molar refractivity (Wildman–Crippen MR) is 66.5 cm³/mol. The molecule has 0 bridgehead atoms. The summed E-state index contributed by atoms with van der Waals surface area (Å²) in [7, 11) is 0. The van der Waals surface area contributed by atoms with Crippen LogP contribution >= 0.6 is 15.9 Å². The Bertz CT molecular complexity index is 259. The van der Waals surface area contributed by atoms with E-state index in [1.807, 2.05) is 4.90 Å². The molecule has 0 radical (unpaired) electrons. The molecule has 92 valence electrons. The van der Waals surface area contributed by atoms with Crippen molar-refractivity contribution in [2.45, 2.75) is 61.9 Å². The molecule has 1 saturated carbocycles. The summed E-state index contributed by atoms with van der Waals surface area (Å²) in [6, 6.07) is 0.0651. The first-order valence-electron chi connectivity index (χ1n) is 6.33. The third kappa shape index (κ3) is 2.59. The van der Waals surface area contributed by atoms with Gasteiger partial charge in [0.1, 0.15) is 0 Å². The molecule has 4 heteroatoms. The maximum atomic E-state index is 12.1. The lowest BCUT2D eigenvalue weighted by atomic mass is 10.00. The van der Waals surface area contributed by atoms with Gasteiger partial charge < -0.3 is 10.0 Å². The average Bonchev–Trinajstić information content (AvgIpc) is 2.47. The van der Waals surface area contributed by atoms with E-state index in [4.69, 9.17) is 0 Å². The summed E-state index contributed by atoms with van der Waals surface area (Å²) < 4.78 is 0. The fourth-order valence-electron chi connectivity index (χ4n) is 2.82. The van der Waals surface area contributed by atoms with Crippen LogP contribution in [0.4, 0.5) is 0 Å². The number of rotatable bonds is 1. The van der Waals surface area contributed by atoms with Gasteiger partial charge >= 0.3 is 0 Å². The zero-order chi connectivity index (χ0) is 11.5. The number of aliphatic hydroxyl groups excluding tert-OH is 1. The third-order valence-corrected chi connectivity index (χ3v) is 4.60. The van der Waals surface area contributed by atoms with Crippen LogP contribution in [-0.2, 0) is 4.79 Å². The van der Waals surface area contributed by atoms with E-state index in [-0.39, 0.29) is 22.9 Å². The number of nitrogens with zero attached hydrogens (tertiary/aromatic N) is 1. The Labute approximate surface area is 105 Å². The molecule has 1 aliphatic carbocycles. The van der Waals surface area contributed by atoms with Crippen LogP contribution in [0.5, 0.6) is 0 Å². The van der Waals surface area contributed by atoms with E-state index >= 15 is 0 Å². The van der Waals surface area contributed by atoms with Crippen molar-refractivity contribution in [2.75, 3.05) is 6.54 Å². The number of hydrogen-bond donors (Lipinski definition) is 1. The lowest BCUT2D eigenvalue weighted by molar-refractivity contribution is -0.138. The Hall–Kier alpha value is -0.0900. The molecule has 1 N–H and O–H groups in total. The number of carbonyl (C=O) groups excluding carboxylic acids is 1. The second kappa shape index (κ2) is 5.50. The van der Waals surface area contributed by atoms with E-state index < -0.39 is 0 Å². The van der Waals surface area contributed by atoms with Crippen molar-refractivity contribution in [3.05, 3.63) is 0 Å². The Balaban J connectivity index is 2.05. The summed E-state index contributed by atoms with van der Waals surface area (Å²) >= 11 is 3.43. The van der Waals surface area contributed by atoms with Crippen molar-refractivity contribution in [3.63, 3.8) is 0 Å². The van der Waals surface area contributed by atoms with Crippen LogP contribution in [0.3, 0.4) is 0 Å². The molecule has 0 spiro atoms. The zero-order valence-electron chi connectivity index (χ0n) is 9.57. The number of aliphatic hydroxyl groups is 1. The Kier molecular flexibility index (Phi) is 4.25. The lowest BCUT2D eigenvalue weighted by Crippen LogP contribution is -2.51. The highest BCUT2D eigenvalue weighted by Crippen LogP contribution is 2.27. The maximum Gasteiger partial charge on any atom is 0.236 e. The van der Waals surface area contributed by atoms with Gasteiger partial charge in [0.25, 0.3) is 0 Å². The highest BCUT2D eigenvalue weighted by atomic mass is 79.9. The molecule has 0 aromatic heterocycles. The second-order valence-electron chi connectivity index (χ2n) is 4.91. The minimum absolute atomic E-state index is 0.0308. The fraction of sp³-hybridized carbons (Fsp3) is 0.917. The normalized spacial score (nSPS) is 37.2. The first-order valence-corrected chi connectivity index (χ1v) is 7.24. The van der Waals surface area contributed by atoms with Crippen molar-refractivity contribution >= 4 is 21.8 Å². The largest absolute Gasteiger partial charge is 0.391 e. The fourth-order valence-corrected chi connectivity index (χ4v) is 3.40. The first-order chi connectivity index (χ1) is 7.70.